The first-order valence-corrected chi connectivity index (χ1v) is 6.06. The first-order valence-electron chi connectivity index (χ1n) is 5.68. The van der Waals surface area contributed by atoms with Crippen molar-refractivity contribution in [1.29, 1.82) is 0 Å². The standard InChI is InChI=1S/C13H14ClN3O/c1-9-2-3-10(6-12(9)14)17-13(18)5-4-11-7-15-8-16-11/h2-3,6-8H,4-5H2,1H3,(H,15,16)(H,17,18). The maximum absolute atomic E-state index is 11.7. The highest BCUT2D eigenvalue weighted by Gasteiger charge is 2.05. The number of aromatic amines is 1. The Morgan fingerprint density at radius 2 is 2.33 bits per heavy atom. The fraction of sp³-hybridized carbons (Fsp3) is 0.231. The van der Waals surface area contributed by atoms with Crippen LogP contribution in [0.25, 0.3) is 0 Å². The van der Waals surface area contributed by atoms with Gasteiger partial charge in [0.25, 0.3) is 0 Å². The van der Waals surface area contributed by atoms with Crippen molar-refractivity contribution in [2.75, 3.05) is 5.32 Å². The number of hydrogen-bond acceptors (Lipinski definition) is 2. The summed E-state index contributed by atoms with van der Waals surface area (Å²) in [6, 6.07) is 5.48. The smallest absolute Gasteiger partial charge is 0.224 e. The topological polar surface area (TPSA) is 57.8 Å². The highest BCUT2D eigenvalue weighted by atomic mass is 35.5. The third-order valence-corrected chi connectivity index (χ3v) is 3.04. The number of hydrogen-bond donors (Lipinski definition) is 2. The zero-order chi connectivity index (χ0) is 13.0. The van der Waals surface area contributed by atoms with E-state index < -0.39 is 0 Å². The Balaban J connectivity index is 1.88. The average molecular weight is 264 g/mol. The third-order valence-electron chi connectivity index (χ3n) is 2.63. The monoisotopic (exact) mass is 263 g/mol. The summed E-state index contributed by atoms with van der Waals surface area (Å²) in [5, 5.41) is 3.47. The molecule has 0 saturated carbocycles. The van der Waals surface area contributed by atoms with Crippen molar-refractivity contribution in [3.63, 3.8) is 0 Å². The van der Waals surface area contributed by atoms with Gasteiger partial charge in [0.2, 0.25) is 5.91 Å². The highest BCUT2D eigenvalue weighted by Crippen LogP contribution is 2.20. The largest absolute Gasteiger partial charge is 0.348 e. The Morgan fingerprint density at radius 3 is 3.00 bits per heavy atom. The van der Waals surface area contributed by atoms with Crippen molar-refractivity contribution in [2.45, 2.75) is 19.8 Å². The molecule has 4 nitrogen and oxygen atoms in total. The van der Waals surface area contributed by atoms with Crippen LogP contribution in [0.15, 0.2) is 30.7 Å². The lowest BCUT2D eigenvalue weighted by Crippen LogP contribution is -2.12. The highest BCUT2D eigenvalue weighted by molar-refractivity contribution is 6.31. The summed E-state index contributed by atoms with van der Waals surface area (Å²) in [5.41, 5.74) is 2.67. The van der Waals surface area contributed by atoms with Crippen molar-refractivity contribution in [2.24, 2.45) is 0 Å². The SMILES string of the molecule is Cc1ccc(NC(=O)CCc2cnc[nH]2)cc1Cl. The number of amides is 1. The lowest BCUT2D eigenvalue weighted by Gasteiger charge is -2.06. The second kappa shape index (κ2) is 5.69. The molecule has 0 fully saturated rings. The Labute approximate surface area is 110 Å². The van der Waals surface area contributed by atoms with Crippen molar-refractivity contribution in [1.82, 2.24) is 9.97 Å². The first kappa shape index (κ1) is 12.6. The number of nitrogens with zero attached hydrogens (tertiary/aromatic N) is 1. The second-order valence-corrected chi connectivity index (χ2v) is 4.50. The van der Waals surface area contributed by atoms with Gasteiger partial charge < -0.3 is 10.3 Å². The number of benzene rings is 1. The normalized spacial score (nSPS) is 10.3. The number of H-pyrrole nitrogens is 1. The molecular weight excluding hydrogens is 250 g/mol. The van der Waals surface area contributed by atoms with Gasteiger partial charge in [-0.15, -0.1) is 0 Å². The summed E-state index contributed by atoms with van der Waals surface area (Å²) in [7, 11) is 0. The summed E-state index contributed by atoms with van der Waals surface area (Å²) < 4.78 is 0. The van der Waals surface area contributed by atoms with Gasteiger partial charge in [-0.25, -0.2) is 4.98 Å². The predicted molar refractivity (Wildman–Crippen MR) is 71.7 cm³/mol. The van der Waals surface area contributed by atoms with Crippen molar-refractivity contribution in [3.8, 4) is 0 Å². The molecule has 2 rings (SSSR count). The first-order chi connectivity index (χ1) is 8.65. The van der Waals surface area contributed by atoms with Crippen LogP contribution in [0.5, 0.6) is 0 Å². The molecule has 0 aliphatic carbocycles. The maximum atomic E-state index is 11.7. The van der Waals surface area contributed by atoms with Crippen LogP contribution in [0.3, 0.4) is 0 Å². The van der Waals surface area contributed by atoms with Crippen LogP contribution in [-0.4, -0.2) is 15.9 Å². The number of imidazole rings is 1. The average Bonchev–Trinajstić information content (AvgIpc) is 2.84. The Kier molecular flexibility index (Phi) is 3.99. The van der Waals surface area contributed by atoms with Crippen LogP contribution in [0.2, 0.25) is 5.02 Å². The van der Waals surface area contributed by atoms with E-state index in [1.807, 2.05) is 19.1 Å². The molecule has 94 valence electrons. The van der Waals surface area contributed by atoms with Crippen LogP contribution in [-0.2, 0) is 11.2 Å². The van der Waals surface area contributed by atoms with Crippen molar-refractivity contribution in [3.05, 3.63) is 47.0 Å². The number of nitrogens with one attached hydrogen (secondary N) is 2. The quantitative estimate of drug-likeness (QED) is 0.891. The molecule has 0 atom stereocenters. The zero-order valence-corrected chi connectivity index (χ0v) is 10.8. The Hall–Kier alpha value is -1.81. The fourth-order valence-corrected chi connectivity index (χ4v) is 1.74. The lowest BCUT2D eigenvalue weighted by atomic mass is 10.2. The Bertz CT molecular complexity index is 537. The number of aryl methyl sites for hydroxylation is 2. The molecule has 1 heterocycles. The molecule has 18 heavy (non-hydrogen) atoms. The van der Waals surface area contributed by atoms with Gasteiger partial charge in [0.15, 0.2) is 0 Å². The van der Waals surface area contributed by atoms with Crippen LogP contribution >= 0.6 is 11.6 Å². The van der Waals surface area contributed by atoms with Gasteiger partial charge in [0.1, 0.15) is 0 Å². The van der Waals surface area contributed by atoms with Crippen LogP contribution in [0.4, 0.5) is 5.69 Å². The van der Waals surface area contributed by atoms with E-state index in [2.05, 4.69) is 15.3 Å². The molecule has 0 radical (unpaired) electrons. The minimum Gasteiger partial charge on any atom is -0.348 e. The van der Waals surface area contributed by atoms with E-state index in [0.29, 0.717) is 17.9 Å². The van der Waals surface area contributed by atoms with E-state index in [1.54, 1.807) is 18.6 Å². The summed E-state index contributed by atoms with van der Waals surface area (Å²) in [5.74, 6) is -0.0375. The summed E-state index contributed by atoms with van der Waals surface area (Å²) >= 11 is 5.99. The van der Waals surface area contributed by atoms with Crippen LogP contribution < -0.4 is 5.32 Å². The number of anilines is 1. The number of rotatable bonds is 4. The van der Waals surface area contributed by atoms with Gasteiger partial charge in [-0.05, 0) is 31.0 Å². The summed E-state index contributed by atoms with van der Waals surface area (Å²) in [4.78, 5) is 18.6. The number of aromatic nitrogens is 2. The maximum Gasteiger partial charge on any atom is 0.224 e. The molecule has 0 aliphatic rings. The predicted octanol–water partition coefficient (Wildman–Crippen LogP) is 2.94. The molecule has 1 amide bonds. The second-order valence-electron chi connectivity index (χ2n) is 4.09. The fourth-order valence-electron chi connectivity index (χ4n) is 1.56. The van der Waals surface area contributed by atoms with Gasteiger partial charge in [-0.2, -0.15) is 0 Å². The van der Waals surface area contributed by atoms with E-state index in [9.17, 15) is 4.79 Å². The van der Waals surface area contributed by atoms with E-state index >= 15 is 0 Å². The van der Waals surface area contributed by atoms with Crippen molar-refractivity contribution < 1.29 is 4.79 Å². The van der Waals surface area contributed by atoms with Gasteiger partial charge in [0.05, 0.1) is 6.33 Å². The van der Waals surface area contributed by atoms with Crippen molar-refractivity contribution >= 4 is 23.2 Å². The van der Waals surface area contributed by atoms with Gasteiger partial charge in [0, 0.05) is 29.0 Å². The van der Waals surface area contributed by atoms with E-state index in [4.69, 9.17) is 11.6 Å². The van der Waals surface area contributed by atoms with E-state index in [1.165, 1.54) is 0 Å². The number of carbonyl (C=O) groups is 1. The van der Waals surface area contributed by atoms with E-state index in [-0.39, 0.29) is 5.91 Å². The lowest BCUT2D eigenvalue weighted by molar-refractivity contribution is -0.116. The molecule has 0 unspecified atom stereocenters. The minimum atomic E-state index is -0.0375. The molecule has 1 aromatic carbocycles. The van der Waals surface area contributed by atoms with Crippen LogP contribution in [0.1, 0.15) is 17.7 Å². The molecular formula is C13H14ClN3O. The molecule has 5 heteroatoms. The molecule has 1 aromatic heterocycles. The third kappa shape index (κ3) is 3.34. The van der Waals surface area contributed by atoms with Gasteiger partial charge in [-0.1, -0.05) is 17.7 Å². The molecule has 0 spiro atoms. The molecule has 0 saturated heterocycles. The summed E-state index contributed by atoms with van der Waals surface area (Å²) in [6.45, 7) is 1.92. The van der Waals surface area contributed by atoms with Crippen LogP contribution in [0, 0.1) is 6.92 Å². The summed E-state index contributed by atoms with van der Waals surface area (Å²) in [6.07, 6.45) is 4.38. The molecule has 0 bridgehead atoms. The zero-order valence-electron chi connectivity index (χ0n) is 10.0. The van der Waals surface area contributed by atoms with Gasteiger partial charge in [-0.3, -0.25) is 4.79 Å². The minimum absolute atomic E-state index is 0.0375. The number of halogens is 1. The molecule has 2 N–H and O–H groups in total. The molecule has 0 aliphatic heterocycles. The van der Waals surface area contributed by atoms with Gasteiger partial charge >= 0.3 is 0 Å². The Morgan fingerprint density at radius 1 is 1.50 bits per heavy atom. The van der Waals surface area contributed by atoms with E-state index in [0.717, 1.165) is 16.9 Å². The number of carbonyl (C=O) groups excluding carboxylic acids is 1. The molecule has 2 aromatic rings.